The Balaban J connectivity index is 3.99. The summed E-state index contributed by atoms with van der Waals surface area (Å²) in [5.74, 6) is -1.98. The van der Waals surface area contributed by atoms with Gasteiger partial charge in [0.05, 0.1) is 34.4 Å². The Hall–Kier alpha value is -3.79. The first kappa shape index (κ1) is 89.2. The van der Waals surface area contributed by atoms with E-state index in [2.05, 4.69) is 111 Å². The van der Waals surface area contributed by atoms with Gasteiger partial charge in [0, 0.05) is 12.8 Å². The van der Waals surface area contributed by atoms with Crippen LogP contribution in [-0.2, 0) is 33.3 Å². The number of hydrogen-bond donors (Lipinski definition) is 1. The van der Waals surface area contributed by atoms with Crippen molar-refractivity contribution in [2.24, 2.45) is 0 Å². The largest absolute Gasteiger partial charge is 0.477 e. The van der Waals surface area contributed by atoms with Crippen LogP contribution in [0, 0.1) is 0 Å². The molecule has 0 aromatic heterocycles. The predicted molar refractivity (Wildman–Crippen MR) is 401 cm³/mol. The van der Waals surface area contributed by atoms with Crippen molar-refractivity contribution in [3.05, 3.63) is 97.2 Å². The molecule has 93 heavy (non-hydrogen) atoms. The van der Waals surface area contributed by atoms with Gasteiger partial charge in [-0.2, -0.15) is 0 Å². The van der Waals surface area contributed by atoms with Crippen molar-refractivity contribution in [1.82, 2.24) is 0 Å². The van der Waals surface area contributed by atoms with Crippen molar-refractivity contribution in [3.63, 3.8) is 0 Å². The van der Waals surface area contributed by atoms with E-state index in [1.54, 1.807) is 0 Å². The molecule has 0 aromatic rings. The monoisotopic (exact) mass is 1300 g/mol. The predicted octanol–water partition coefficient (Wildman–Crippen LogP) is 25.1. The first-order valence-corrected chi connectivity index (χ1v) is 39.4. The van der Waals surface area contributed by atoms with E-state index in [1.807, 2.05) is 21.1 Å². The molecule has 1 N–H and O–H groups in total. The summed E-state index contributed by atoms with van der Waals surface area (Å²) in [4.78, 5) is 37.7. The van der Waals surface area contributed by atoms with Gasteiger partial charge in [-0.25, -0.2) is 4.79 Å². The molecule has 0 fully saturated rings. The fourth-order valence-electron chi connectivity index (χ4n) is 11.3. The third-order valence-corrected chi connectivity index (χ3v) is 17.3. The lowest BCUT2D eigenvalue weighted by Gasteiger charge is -2.25. The molecule has 0 saturated carbocycles. The topological polar surface area (TPSA) is 108 Å². The van der Waals surface area contributed by atoms with E-state index in [1.165, 1.54) is 250 Å². The molecule has 0 aliphatic rings. The lowest BCUT2D eigenvalue weighted by Crippen LogP contribution is -2.40. The molecule has 0 aromatic carbocycles. The summed E-state index contributed by atoms with van der Waals surface area (Å²) < 4.78 is 23.0. The summed E-state index contributed by atoms with van der Waals surface area (Å²) in [6.45, 7) is 4.80. The zero-order valence-corrected chi connectivity index (χ0v) is 61.7. The highest BCUT2D eigenvalue weighted by atomic mass is 16.7. The number of likely N-dealkylation sites (N-methyl/N-ethyl adjacent to an activating group) is 1. The Kier molecular flexibility index (Phi) is 71.0. The fourth-order valence-corrected chi connectivity index (χ4v) is 11.3. The number of allylic oxidation sites excluding steroid dienone is 16. The summed E-state index contributed by atoms with van der Waals surface area (Å²) in [6, 6.07) is 0. The first-order chi connectivity index (χ1) is 45.6. The van der Waals surface area contributed by atoms with E-state index in [0.717, 1.165) is 83.5 Å². The Morgan fingerprint density at radius 3 is 0.914 bits per heavy atom. The van der Waals surface area contributed by atoms with E-state index in [4.69, 9.17) is 18.9 Å². The number of hydrogen-bond acceptors (Lipinski definition) is 7. The molecule has 9 nitrogen and oxygen atoms in total. The highest BCUT2D eigenvalue weighted by Gasteiger charge is 2.25. The molecule has 538 valence electrons. The third-order valence-electron chi connectivity index (χ3n) is 17.3. The minimum absolute atomic E-state index is 0.180. The van der Waals surface area contributed by atoms with Crippen molar-refractivity contribution < 1.29 is 42.9 Å². The number of carboxylic acids is 1. The standard InChI is InChI=1S/C84H149NO8/c1-6-8-10-12-14-16-18-20-22-24-26-28-30-32-34-35-36-37-38-39-40-41-42-43-44-45-46-47-49-51-53-55-57-59-61-63-65-67-69-71-73-75-82(87)93-80(79-92-84(83(88)89)90-77-76-85(3,4)5)78-91-81(86)74-72-70-68-66-64-62-60-58-56-54-52-50-48-33-31-29-27-25-23-21-19-17-15-13-11-9-7-2/h8,10,14,16,19-22,25-28,32,34,36-37,80,84H,6-7,9,11-13,15,17-18,23-24,29-31,33,35,38-79H2,1-5H3/p+1/b10-8-,16-14-,21-19-,22-20-,27-25-,28-26-,34-32-,37-36-. The van der Waals surface area contributed by atoms with Crippen LogP contribution in [0.1, 0.15) is 361 Å². The number of nitrogens with zero attached hydrogens (tertiary/aromatic N) is 1. The average Bonchev–Trinajstić information content (AvgIpc) is 3.38. The number of esters is 2. The Bertz CT molecular complexity index is 1850. The van der Waals surface area contributed by atoms with Crippen LogP contribution in [0.3, 0.4) is 0 Å². The van der Waals surface area contributed by atoms with Crippen LogP contribution < -0.4 is 0 Å². The fraction of sp³-hybridized carbons (Fsp3) is 0.774. The summed E-state index contributed by atoms with van der Waals surface area (Å²) in [5.41, 5.74) is 0. The van der Waals surface area contributed by atoms with E-state index in [9.17, 15) is 19.5 Å². The second-order valence-electron chi connectivity index (χ2n) is 27.6. The van der Waals surface area contributed by atoms with Gasteiger partial charge in [0.2, 0.25) is 0 Å². The quantitative estimate of drug-likeness (QED) is 0.0211. The number of rotatable bonds is 73. The van der Waals surface area contributed by atoms with Gasteiger partial charge in [-0.1, -0.05) is 349 Å². The second kappa shape index (κ2) is 74.0. The molecule has 2 unspecified atom stereocenters. The zero-order valence-electron chi connectivity index (χ0n) is 61.7. The van der Waals surface area contributed by atoms with Crippen LogP contribution in [0.4, 0.5) is 0 Å². The van der Waals surface area contributed by atoms with Gasteiger partial charge >= 0.3 is 17.9 Å². The van der Waals surface area contributed by atoms with Crippen LogP contribution in [0.5, 0.6) is 0 Å². The van der Waals surface area contributed by atoms with Crippen molar-refractivity contribution in [3.8, 4) is 0 Å². The minimum Gasteiger partial charge on any atom is -0.477 e. The highest BCUT2D eigenvalue weighted by molar-refractivity contribution is 5.71. The molecule has 0 rings (SSSR count). The molecule has 0 aliphatic heterocycles. The van der Waals surface area contributed by atoms with E-state index >= 15 is 0 Å². The lowest BCUT2D eigenvalue weighted by atomic mass is 10.0. The number of carbonyl (C=O) groups is 3. The minimum atomic E-state index is -1.51. The molecule has 0 aliphatic carbocycles. The molecule has 0 bridgehead atoms. The van der Waals surface area contributed by atoms with E-state index in [-0.39, 0.29) is 38.2 Å². The van der Waals surface area contributed by atoms with Crippen molar-refractivity contribution in [2.75, 3.05) is 47.5 Å². The van der Waals surface area contributed by atoms with Crippen LogP contribution in [0.15, 0.2) is 97.2 Å². The molecular weight excluding hydrogens is 1150 g/mol. The van der Waals surface area contributed by atoms with Gasteiger partial charge in [0.1, 0.15) is 13.2 Å². The third kappa shape index (κ3) is 75.5. The van der Waals surface area contributed by atoms with Crippen LogP contribution in [0.2, 0.25) is 0 Å². The van der Waals surface area contributed by atoms with Crippen LogP contribution in [0.25, 0.3) is 0 Å². The Morgan fingerprint density at radius 1 is 0.333 bits per heavy atom. The lowest BCUT2D eigenvalue weighted by molar-refractivity contribution is -0.870. The van der Waals surface area contributed by atoms with Crippen LogP contribution in [-0.4, -0.2) is 87.4 Å². The maximum absolute atomic E-state index is 13.0. The Labute approximate surface area is 575 Å². The average molecular weight is 1300 g/mol. The van der Waals surface area contributed by atoms with Crippen molar-refractivity contribution in [2.45, 2.75) is 373 Å². The van der Waals surface area contributed by atoms with Crippen molar-refractivity contribution in [1.29, 1.82) is 0 Å². The number of carboxylic acid groups (broad SMARTS) is 1. The maximum atomic E-state index is 13.0. The highest BCUT2D eigenvalue weighted by Crippen LogP contribution is 2.19. The van der Waals surface area contributed by atoms with Gasteiger partial charge in [-0.15, -0.1) is 0 Å². The van der Waals surface area contributed by atoms with E-state index < -0.39 is 18.4 Å². The molecule has 0 saturated heterocycles. The molecule has 0 spiro atoms. The number of ether oxygens (including phenoxy) is 4. The Morgan fingerprint density at radius 2 is 0.613 bits per heavy atom. The maximum Gasteiger partial charge on any atom is 0.361 e. The van der Waals surface area contributed by atoms with Gasteiger partial charge in [0.15, 0.2) is 6.10 Å². The summed E-state index contributed by atoms with van der Waals surface area (Å²) >= 11 is 0. The molecule has 2 atom stereocenters. The normalized spacial score (nSPS) is 13.2. The van der Waals surface area contributed by atoms with Crippen molar-refractivity contribution >= 4 is 17.9 Å². The summed E-state index contributed by atoms with van der Waals surface area (Å²) in [6.07, 6.45) is 99.8. The van der Waals surface area contributed by atoms with Gasteiger partial charge < -0.3 is 28.5 Å². The second-order valence-corrected chi connectivity index (χ2v) is 27.6. The smallest absolute Gasteiger partial charge is 0.361 e. The van der Waals surface area contributed by atoms with Gasteiger partial charge in [0.25, 0.3) is 6.29 Å². The molecule has 0 radical (unpaired) electrons. The summed E-state index contributed by atoms with van der Waals surface area (Å²) in [5, 5.41) is 9.77. The molecular formula is C84H150NO8+. The zero-order chi connectivity index (χ0) is 67.5. The molecule has 0 amide bonds. The van der Waals surface area contributed by atoms with Gasteiger partial charge in [-0.3, -0.25) is 9.59 Å². The summed E-state index contributed by atoms with van der Waals surface area (Å²) in [7, 11) is 5.99. The number of carbonyl (C=O) groups excluding carboxylic acids is 2. The van der Waals surface area contributed by atoms with E-state index in [0.29, 0.717) is 17.4 Å². The number of quaternary nitrogens is 1. The molecule has 9 heteroatoms. The van der Waals surface area contributed by atoms with Crippen LogP contribution >= 0.6 is 0 Å². The number of aliphatic carboxylic acids is 1. The SMILES string of the molecule is CC/C=C\C/C=C\C/C=C\C/C=C\C/C=C\C/C=C\CCCCCCCCCCCCCCCCCCCCCCCCC(=O)OC(COC(=O)CCCCCCCCCCCCCCCCC/C=C\C/C=C\CCCCCCC)COC(OCC[N+](C)(C)C)C(=O)O. The number of unbranched alkanes of at least 4 members (excludes halogenated alkanes) is 42. The molecule has 0 heterocycles. The van der Waals surface area contributed by atoms with Gasteiger partial charge in [-0.05, 0) is 96.3 Å². The first-order valence-electron chi connectivity index (χ1n) is 39.4.